The lowest BCUT2D eigenvalue weighted by Gasteiger charge is -2.32. The second-order valence-corrected chi connectivity index (χ2v) is 6.16. The molecule has 0 aliphatic carbocycles. The first-order valence-electron chi connectivity index (χ1n) is 6.28. The quantitative estimate of drug-likeness (QED) is 0.277. The number of benzene rings is 1. The molecule has 0 atom stereocenters. The van der Waals surface area contributed by atoms with E-state index >= 15 is 0 Å². The van der Waals surface area contributed by atoms with Crippen LogP contribution in [0.2, 0.25) is 0 Å². The highest BCUT2D eigenvalue weighted by molar-refractivity contribution is 7.98. The minimum atomic E-state index is -0.113. The summed E-state index contributed by atoms with van der Waals surface area (Å²) in [6.45, 7) is 4.69. The Morgan fingerprint density at radius 3 is 2.60 bits per heavy atom. The van der Waals surface area contributed by atoms with E-state index in [1.54, 1.807) is 0 Å². The van der Waals surface area contributed by atoms with Crippen LogP contribution in [0, 0.1) is 0 Å². The first-order valence-corrected chi connectivity index (χ1v) is 7.51. The number of hydrogen-bond acceptors (Lipinski definition) is 5. The van der Waals surface area contributed by atoms with Gasteiger partial charge in [0.25, 0.3) is 0 Å². The summed E-state index contributed by atoms with van der Waals surface area (Å²) < 4.78 is 5.90. The first kappa shape index (κ1) is 16.7. The molecule has 0 aliphatic heterocycles. The van der Waals surface area contributed by atoms with E-state index in [1.165, 1.54) is 11.8 Å². The van der Waals surface area contributed by atoms with Crippen LogP contribution in [0.25, 0.3) is 0 Å². The monoisotopic (exact) mass is 297 g/mol. The van der Waals surface area contributed by atoms with Gasteiger partial charge < -0.3 is 20.6 Å². The normalized spacial score (nSPS) is 12.8. The SMILES string of the molecule is CSc1cccc(OCC(C)(C)N(C)C)c1/C(N)=N/O. The molecule has 0 fully saturated rings. The van der Waals surface area contributed by atoms with Crippen molar-refractivity contribution >= 4 is 17.6 Å². The van der Waals surface area contributed by atoms with Gasteiger partial charge in [-0.15, -0.1) is 11.8 Å². The van der Waals surface area contributed by atoms with Crippen molar-refractivity contribution in [2.75, 3.05) is 27.0 Å². The van der Waals surface area contributed by atoms with Gasteiger partial charge in [-0.05, 0) is 46.3 Å². The van der Waals surface area contributed by atoms with Crippen LogP contribution in [-0.2, 0) is 0 Å². The molecule has 20 heavy (non-hydrogen) atoms. The van der Waals surface area contributed by atoms with Crippen LogP contribution in [0.1, 0.15) is 19.4 Å². The Bertz CT molecular complexity index is 487. The number of amidine groups is 1. The third-order valence-corrected chi connectivity index (χ3v) is 4.14. The van der Waals surface area contributed by atoms with E-state index in [9.17, 15) is 0 Å². The number of nitrogens with two attached hydrogens (primary N) is 1. The van der Waals surface area contributed by atoms with Crippen LogP contribution in [0.15, 0.2) is 28.3 Å². The fourth-order valence-corrected chi connectivity index (χ4v) is 2.11. The highest BCUT2D eigenvalue weighted by Crippen LogP contribution is 2.29. The summed E-state index contributed by atoms with van der Waals surface area (Å²) in [6.07, 6.45) is 1.94. The zero-order valence-corrected chi connectivity index (χ0v) is 13.5. The number of oxime groups is 1. The van der Waals surface area contributed by atoms with Crippen LogP contribution in [0.3, 0.4) is 0 Å². The predicted molar refractivity (Wildman–Crippen MR) is 84.0 cm³/mol. The van der Waals surface area contributed by atoms with Crippen molar-refractivity contribution in [1.82, 2.24) is 4.90 Å². The largest absolute Gasteiger partial charge is 0.491 e. The van der Waals surface area contributed by atoms with Gasteiger partial charge in [-0.3, -0.25) is 0 Å². The van der Waals surface area contributed by atoms with Crippen LogP contribution in [-0.4, -0.2) is 48.4 Å². The van der Waals surface area contributed by atoms with Gasteiger partial charge in [-0.25, -0.2) is 0 Å². The maximum atomic E-state index is 8.94. The molecule has 0 radical (unpaired) electrons. The van der Waals surface area contributed by atoms with Crippen molar-refractivity contribution in [3.63, 3.8) is 0 Å². The molecule has 0 amide bonds. The van der Waals surface area contributed by atoms with Gasteiger partial charge in [0.2, 0.25) is 0 Å². The average molecular weight is 297 g/mol. The molecule has 0 heterocycles. The minimum Gasteiger partial charge on any atom is -0.491 e. The van der Waals surface area contributed by atoms with E-state index in [0.29, 0.717) is 17.9 Å². The summed E-state index contributed by atoms with van der Waals surface area (Å²) in [7, 11) is 4.01. The molecule has 5 nitrogen and oxygen atoms in total. The molecule has 1 aromatic rings. The lowest BCUT2D eigenvalue weighted by Crippen LogP contribution is -2.43. The van der Waals surface area contributed by atoms with Gasteiger partial charge in [0.1, 0.15) is 12.4 Å². The molecule has 0 aromatic heterocycles. The van der Waals surface area contributed by atoms with Crippen LogP contribution in [0.4, 0.5) is 0 Å². The van der Waals surface area contributed by atoms with Crippen LogP contribution in [0.5, 0.6) is 5.75 Å². The average Bonchev–Trinajstić information content (AvgIpc) is 2.43. The Hall–Kier alpha value is -1.40. The van der Waals surface area contributed by atoms with E-state index in [2.05, 4.69) is 23.9 Å². The second kappa shape index (κ2) is 6.85. The number of ether oxygens (including phenoxy) is 1. The topological polar surface area (TPSA) is 71.1 Å². The third kappa shape index (κ3) is 3.80. The summed E-state index contributed by atoms with van der Waals surface area (Å²) in [6, 6.07) is 5.65. The second-order valence-electron chi connectivity index (χ2n) is 5.31. The van der Waals surface area contributed by atoms with Crippen molar-refractivity contribution < 1.29 is 9.94 Å². The Morgan fingerprint density at radius 2 is 2.10 bits per heavy atom. The van der Waals surface area contributed by atoms with Crippen molar-refractivity contribution in [3.8, 4) is 5.75 Å². The zero-order valence-electron chi connectivity index (χ0n) is 12.7. The Labute approximate surface area is 124 Å². The smallest absolute Gasteiger partial charge is 0.174 e. The third-order valence-electron chi connectivity index (χ3n) is 3.36. The molecule has 6 heteroatoms. The Morgan fingerprint density at radius 1 is 1.45 bits per heavy atom. The molecule has 112 valence electrons. The number of thioether (sulfide) groups is 1. The first-order chi connectivity index (χ1) is 9.33. The number of likely N-dealkylation sites (N-methyl/N-ethyl adjacent to an activating group) is 1. The molecule has 0 bridgehead atoms. The van der Waals surface area contributed by atoms with Gasteiger partial charge in [0.15, 0.2) is 5.84 Å². The van der Waals surface area contributed by atoms with E-state index < -0.39 is 0 Å². The molecule has 0 spiro atoms. The molecular weight excluding hydrogens is 274 g/mol. The van der Waals surface area contributed by atoms with Crippen molar-refractivity contribution in [2.24, 2.45) is 10.9 Å². The van der Waals surface area contributed by atoms with Gasteiger partial charge >= 0.3 is 0 Å². The zero-order chi connectivity index (χ0) is 15.3. The number of rotatable bonds is 6. The maximum absolute atomic E-state index is 8.94. The van der Waals surface area contributed by atoms with Crippen LogP contribution < -0.4 is 10.5 Å². The van der Waals surface area contributed by atoms with E-state index in [4.69, 9.17) is 15.7 Å². The van der Waals surface area contributed by atoms with Gasteiger partial charge in [0, 0.05) is 10.4 Å². The van der Waals surface area contributed by atoms with Crippen LogP contribution >= 0.6 is 11.8 Å². The van der Waals surface area contributed by atoms with Gasteiger partial charge in [-0.2, -0.15) is 0 Å². The number of nitrogens with zero attached hydrogens (tertiary/aromatic N) is 2. The summed E-state index contributed by atoms with van der Waals surface area (Å²) in [5.74, 6) is 0.690. The molecule has 0 unspecified atom stereocenters. The van der Waals surface area contributed by atoms with Crippen molar-refractivity contribution in [2.45, 2.75) is 24.3 Å². The predicted octanol–water partition coefficient (Wildman–Crippen LogP) is 2.22. The van der Waals surface area contributed by atoms with E-state index in [1.807, 2.05) is 38.6 Å². The fraction of sp³-hybridized carbons (Fsp3) is 0.500. The highest BCUT2D eigenvalue weighted by Gasteiger charge is 2.23. The molecule has 1 rings (SSSR count). The minimum absolute atomic E-state index is 0.0626. The molecule has 1 aromatic carbocycles. The summed E-state index contributed by atoms with van der Waals surface area (Å²) in [4.78, 5) is 3.01. The Balaban J connectivity index is 3.07. The van der Waals surface area contributed by atoms with Crippen molar-refractivity contribution in [1.29, 1.82) is 0 Å². The van der Waals surface area contributed by atoms with Gasteiger partial charge in [-0.1, -0.05) is 11.2 Å². The van der Waals surface area contributed by atoms with Gasteiger partial charge in [0.05, 0.1) is 5.56 Å². The summed E-state index contributed by atoms with van der Waals surface area (Å²) in [5.41, 5.74) is 6.29. The fourth-order valence-electron chi connectivity index (χ4n) is 1.49. The Kier molecular flexibility index (Phi) is 5.71. The van der Waals surface area contributed by atoms with Crippen molar-refractivity contribution in [3.05, 3.63) is 23.8 Å². The summed E-state index contributed by atoms with van der Waals surface area (Å²) >= 11 is 1.53. The maximum Gasteiger partial charge on any atom is 0.174 e. The molecule has 0 saturated carbocycles. The molecular formula is C14H23N3O2S. The lowest BCUT2D eigenvalue weighted by molar-refractivity contribution is 0.113. The summed E-state index contributed by atoms with van der Waals surface area (Å²) in [5, 5.41) is 12.0. The van der Waals surface area contributed by atoms with E-state index in [0.717, 1.165) is 4.90 Å². The molecule has 0 aliphatic rings. The molecule has 0 saturated heterocycles. The highest BCUT2D eigenvalue weighted by atomic mass is 32.2. The standard InChI is InChI=1S/C14H23N3O2S/c1-14(2,17(3)4)9-19-10-7-6-8-11(20-5)12(10)13(15)16-18/h6-8,18H,9H2,1-5H3,(H2,15,16). The lowest BCUT2D eigenvalue weighted by atomic mass is 10.1. The number of hydrogen-bond donors (Lipinski definition) is 2. The molecule has 3 N–H and O–H groups in total. The van der Waals surface area contributed by atoms with E-state index in [-0.39, 0.29) is 11.4 Å².